The highest BCUT2D eigenvalue weighted by atomic mass is 16.5. The Hall–Kier alpha value is -1.88. The Kier molecular flexibility index (Phi) is 5.16. The van der Waals surface area contributed by atoms with Crippen LogP contribution < -0.4 is 10.1 Å². The van der Waals surface area contributed by atoms with Gasteiger partial charge in [0, 0.05) is 19.2 Å². The molecule has 17 heavy (non-hydrogen) atoms. The zero-order chi connectivity index (χ0) is 12.7. The van der Waals surface area contributed by atoms with Crippen LogP contribution in [0.4, 0.5) is 0 Å². The highest BCUT2D eigenvalue weighted by molar-refractivity contribution is 6.42. The molecule has 1 rings (SSSR count). The average Bonchev–Trinajstić information content (AvgIpc) is 2.38. The third-order valence-corrected chi connectivity index (χ3v) is 2.15. The molecule has 0 saturated heterocycles. The van der Waals surface area contributed by atoms with Crippen LogP contribution in [0.15, 0.2) is 24.3 Å². The number of Topliss-reactive ketones (excluding diaryl/α,β-unsaturated/α-hetero) is 1. The van der Waals surface area contributed by atoms with Gasteiger partial charge in [0.05, 0.1) is 13.7 Å². The Morgan fingerprint density at radius 3 is 2.35 bits per heavy atom. The molecular weight excluding hydrogens is 222 g/mol. The number of carbonyl (C=O) groups is 2. The van der Waals surface area contributed by atoms with Gasteiger partial charge in [-0.2, -0.15) is 0 Å². The van der Waals surface area contributed by atoms with E-state index in [2.05, 4.69) is 5.32 Å². The predicted molar refractivity (Wildman–Crippen MR) is 62.2 cm³/mol. The van der Waals surface area contributed by atoms with Crippen LogP contribution in [0.2, 0.25) is 0 Å². The molecular formula is C12H15NO4. The topological polar surface area (TPSA) is 64.6 Å². The monoisotopic (exact) mass is 237 g/mol. The second-order valence-electron chi connectivity index (χ2n) is 3.31. The van der Waals surface area contributed by atoms with Crippen LogP contribution in [0.1, 0.15) is 10.4 Å². The van der Waals surface area contributed by atoms with Gasteiger partial charge in [-0.25, -0.2) is 0 Å². The molecule has 0 fully saturated rings. The van der Waals surface area contributed by atoms with E-state index in [4.69, 9.17) is 9.47 Å². The van der Waals surface area contributed by atoms with Crippen molar-refractivity contribution in [3.63, 3.8) is 0 Å². The molecule has 92 valence electrons. The lowest BCUT2D eigenvalue weighted by Gasteiger charge is -2.04. The van der Waals surface area contributed by atoms with Crippen molar-refractivity contribution in [3.8, 4) is 5.75 Å². The first kappa shape index (κ1) is 13.2. The summed E-state index contributed by atoms with van der Waals surface area (Å²) in [7, 11) is 3.06. The van der Waals surface area contributed by atoms with E-state index in [1.54, 1.807) is 24.3 Å². The smallest absolute Gasteiger partial charge is 0.292 e. The van der Waals surface area contributed by atoms with Gasteiger partial charge in [-0.15, -0.1) is 0 Å². The van der Waals surface area contributed by atoms with Gasteiger partial charge in [0.1, 0.15) is 5.75 Å². The second-order valence-corrected chi connectivity index (χ2v) is 3.31. The number of rotatable bonds is 6. The van der Waals surface area contributed by atoms with Crippen LogP contribution in [0, 0.1) is 0 Å². The molecule has 1 amide bonds. The van der Waals surface area contributed by atoms with Crippen molar-refractivity contribution in [3.05, 3.63) is 29.8 Å². The first-order valence-electron chi connectivity index (χ1n) is 5.14. The molecule has 0 unspecified atom stereocenters. The van der Waals surface area contributed by atoms with Gasteiger partial charge >= 0.3 is 0 Å². The van der Waals surface area contributed by atoms with E-state index in [0.717, 1.165) is 0 Å². The highest BCUT2D eigenvalue weighted by Gasteiger charge is 2.15. The molecule has 1 N–H and O–H groups in total. The third kappa shape index (κ3) is 3.88. The lowest BCUT2D eigenvalue weighted by Crippen LogP contribution is -2.33. The molecule has 0 aromatic heterocycles. The molecule has 1 aromatic carbocycles. The maximum atomic E-state index is 11.6. The summed E-state index contributed by atoms with van der Waals surface area (Å²) in [5, 5.41) is 2.47. The molecule has 1 aromatic rings. The first-order chi connectivity index (χ1) is 8.19. The maximum Gasteiger partial charge on any atom is 0.292 e. The molecule has 0 atom stereocenters. The number of hydrogen-bond acceptors (Lipinski definition) is 4. The summed E-state index contributed by atoms with van der Waals surface area (Å²) in [4.78, 5) is 23.1. The third-order valence-electron chi connectivity index (χ3n) is 2.15. The molecule has 0 aliphatic carbocycles. The fourth-order valence-corrected chi connectivity index (χ4v) is 1.22. The first-order valence-corrected chi connectivity index (χ1v) is 5.14. The van der Waals surface area contributed by atoms with Crippen LogP contribution in [0.25, 0.3) is 0 Å². The van der Waals surface area contributed by atoms with Gasteiger partial charge in [0.25, 0.3) is 5.91 Å². The average molecular weight is 237 g/mol. The Morgan fingerprint density at radius 1 is 1.18 bits per heavy atom. The number of ketones is 1. The molecule has 5 heteroatoms. The predicted octanol–water partition coefficient (Wildman–Crippen LogP) is 0.640. The molecule has 5 nitrogen and oxygen atoms in total. The molecule has 0 aliphatic heterocycles. The Balaban J connectivity index is 2.58. The van der Waals surface area contributed by atoms with Crippen LogP contribution >= 0.6 is 0 Å². The molecule has 0 saturated carbocycles. The summed E-state index contributed by atoms with van der Waals surface area (Å²) >= 11 is 0. The van der Waals surface area contributed by atoms with E-state index < -0.39 is 11.7 Å². The van der Waals surface area contributed by atoms with Crippen molar-refractivity contribution < 1.29 is 19.1 Å². The number of ether oxygens (including phenoxy) is 2. The van der Waals surface area contributed by atoms with Gasteiger partial charge in [0.15, 0.2) is 0 Å². The molecule has 0 bridgehead atoms. The van der Waals surface area contributed by atoms with Gasteiger partial charge < -0.3 is 14.8 Å². The van der Waals surface area contributed by atoms with Crippen LogP contribution in [0.5, 0.6) is 5.75 Å². The summed E-state index contributed by atoms with van der Waals surface area (Å²) < 4.78 is 9.73. The molecule has 0 radical (unpaired) electrons. The number of carbonyl (C=O) groups excluding carboxylic acids is 2. The largest absolute Gasteiger partial charge is 0.497 e. The minimum absolute atomic E-state index is 0.317. The van der Waals surface area contributed by atoms with Crippen molar-refractivity contribution >= 4 is 11.7 Å². The second kappa shape index (κ2) is 6.65. The summed E-state index contributed by atoms with van der Waals surface area (Å²) in [6, 6.07) is 6.37. The van der Waals surface area contributed by atoms with Crippen molar-refractivity contribution in [1.29, 1.82) is 0 Å². The minimum Gasteiger partial charge on any atom is -0.497 e. The molecule has 0 aliphatic rings. The normalized spacial score (nSPS) is 9.76. The van der Waals surface area contributed by atoms with E-state index in [-0.39, 0.29) is 0 Å². The summed E-state index contributed by atoms with van der Waals surface area (Å²) in [6.07, 6.45) is 0. The van der Waals surface area contributed by atoms with Crippen molar-refractivity contribution in [2.75, 3.05) is 27.4 Å². The molecule has 0 heterocycles. The van der Waals surface area contributed by atoms with Crippen molar-refractivity contribution in [2.24, 2.45) is 0 Å². The SMILES string of the molecule is COCCNC(=O)C(=O)c1ccc(OC)cc1. The van der Waals surface area contributed by atoms with Crippen LogP contribution in [0.3, 0.4) is 0 Å². The van der Waals surface area contributed by atoms with Crippen LogP contribution in [-0.2, 0) is 9.53 Å². The van der Waals surface area contributed by atoms with Crippen molar-refractivity contribution in [2.45, 2.75) is 0 Å². The fourth-order valence-electron chi connectivity index (χ4n) is 1.22. The minimum atomic E-state index is -0.632. The summed E-state index contributed by atoms with van der Waals surface area (Å²) in [5.41, 5.74) is 0.334. The van der Waals surface area contributed by atoms with Gasteiger partial charge in [-0.3, -0.25) is 9.59 Å². The van der Waals surface area contributed by atoms with Gasteiger partial charge in [-0.1, -0.05) is 0 Å². The number of amides is 1. The number of nitrogens with one attached hydrogen (secondary N) is 1. The van der Waals surface area contributed by atoms with E-state index >= 15 is 0 Å². The molecule has 0 spiro atoms. The van der Waals surface area contributed by atoms with Gasteiger partial charge in [-0.05, 0) is 24.3 Å². The highest BCUT2D eigenvalue weighted by Crippen LogP contribution is 2.11. The zero-order valence-electron chi connectivity index (χ0n) is 9.86. The summed E-state index contributed by atoms with van der Waals surface area (Å²) in [5.74, 6) is -0.558. The standard InChI is InChI=1S/C12H15NO4/c1-16-8-7-13-12(15)11(14)9-3-5-10(17-2)6-4-9/h3-6H,7-8H2,1-2H3,(H,13,15). The quantitative estimate of drug-likeness (QED) is 0.448. The number of methoxy groups -OCH3 is 2. The lowest BCUT2D eigenvalue weighted by atomic mass is 10.1. The summed E-state index contributed by atoms with van der Waals surface area (Å²) in [6.45, 7) is 0.693. The van der Waals surface area contributed by atoms with Crippen molar-refractivity contribution in [1.82, 2.24) is 5.32 Å². The van der Waals surface area contributed by atoms with E-state index in [1.165, 1.54) is 14.2 Å². The van der Waals surface area contributed by atoms with E-state index in [0.29, 0.717) is 24.5 Å². The zero-order valence-corrected chi connectivity index (χ0v) is 9.86. The Bertz CT molecular complexity index is 386. The van der Waals surface area contributed by atoms with Gasteiger partial charge in [0.2, 0.25) is 5.78 Å². The van der Waals surface area contributed by atoms with Crippen LogP contribution in [-0.4, -0.2) is 39.1 Å². The van der Waals surface area contributed by atoms with E-state index in [1.807, 2.05) is 0 Å². The van der Waals surface area contributed by atoms with E-state index in [9.17, 15) is 9.59 Å². The number of hydrogen-bond donors (Lipinski definition) is 1. The Morgan fingerprint density at radius 2 is 1.82 bits per heavy atom. The fraction of sp³-hybridized carbons (Fsp3) is 0.333. The maximum absolute atomic E-state index is 11.6. The lowest BCUT2D eigenvalue weighted by molar-refractivity contribution is -0.117. The Labute approximate surface area is 99.7 Å². The number of benzene rings is 1.